The van der Waals surface area contributed by atoms with Crippen LogP contribution in [0.5, 0.6) is 0 Å². The van der Waals surface area contributed by atoms with Crippen molar-refractivity contribution in [1.82, 2.24) is 5.32 Å². The van der Waals surface area contributed by atoms with Crippen LogP contribution in [0.1, 0.15) is 21.9 Å². The molecule has 0 amide bonds. The third-order valence-corrected chi connectivity index (χ3v) is 2.29. The molecule has 0 fully saturated rings. The number of aliphatic hydroxyl groups is 1. The van der Waals surface area contributed by atoms with Crippen LogP contribution in [0.15, 0.2) is 10.5 Å². The predicted octanol–water partition coefficient (Wildman–Crippen LogP) is 1.09. The maximum Gasteiger partial charge on any atom is 0.341 e. The van der Waals surface area contributed by atoms with Crippen molar-refractivity contribution in [3.05, 3.63) is 23.2 Å². The Morgan fingerprint density at radius 2 is 2.28 bits per heavy atom. The number of nitrogens with one attached hydrogen (secondary N) is 1. The molecule has 18 heavy (non-hydrogen) atoms. The van der Waals surface area contributed by atoms with Crippen molar-refractivity contribution in [1.29, 1.82) is 0 Å². The Morgan fingerprint density at radius 1 is 1.61 bits per heavy atom. The summed E-state index contributed by atoms with van der Waals surface area (Å²) in [5.41, 5.74) is 0.267. The summed E-state index contributed by atoms with van der Waals surface area (Å²) in [5.74, 6) is -3.00. The van der Waals surface area contributed by atoms with Crippen LogP contribution in [-0.4, -0.2) is 37.3 Å². The first-order valence-electron chi connectivity index (χ1n) is 5.26. The van der Waals surface area contributed by atoms with Crippen LogP contribution in [0.4, 0.5) is 8.78 Å². The number of carbonyl (C=O) groups is 1. The van der Waals surface area contributed by atoms with Crippen molar-refractivity contribution >= 4 is 5.97 Å². The molecule has 0 bridgehead atoms. The van der Waals surface area contributed by atoms with E-state index in [-0.39, 0.29) is 12.1 Å². The Balaban J connectivity index is 2.57. The van der Waals surface area contributed by atoms with Crippen LogP contribution in [0.3, 0.4) is 0 Å². The molecule has 0 aliphatic rings. The van der Waals surface area contributed by atoms with Crippen LogP contribution in [0.2, 0.25) is 0 Å². The van der Waals surface area contributed by atoms with Crippen molar-refractivity contribution in [3.63, 3.8) is 0 Å². The molecule has 0 radical (unpaired) electrons. The Kier molecular flexibility index (Phi) is 4.80. The number of alkyl halides is 2. The molecule has 0 unspecified atom stereocenters. The van der Waals surface area contributed by atoms with Gasteiger partial charge >= 0.3 is 5.97 Å². The second kappa shape index (κ2) is 5.92. The molecule has 2 N–H and O–H groups in total. The quantitative estimate of drug-likeness (QED) is 0.752. The van der Waals surface area contributed by atoms with Crippen molar-refractivity contribution < 1.29 is 27.8 Å². The largest absolute Gasteiger partial charge is 0.465 e. The normalized spacial score (nSPS) is 11.6. The molecular weight excluding hydrogens is 248 g/mol. The van der Waals surface area contributed by atoms with Gasteiger partial charge in [0.2, 0.25) is 0 Å². The first-order chi connectivity index (χ1) is 8.39. The molecule has 1 aromatic heterocycles. The summed E-state index contributed by atoms with van der Waals surface area (Å²) in [6, 6.07) is 1.44. The number of hydrogen-bond acceptors (Lipinski definition) is 5. The number of halogens is 2. The number of ether oxygens (including phenoxy) is 1. The zero-order valence-corrected chi connectivity index (χ0v) is 10.1. The number of aliphatic hydroxyl groups excluding tert-OH is 1. The molecule has 1 heterocycles. The molecule has 0 atom stereocenters. The molecule has 1 aromatic rings. The molecule has 0 aromatic carbocycles. The summed E-state index contributed by atoms with van der Waals surface area (Å²) < 4.78 is 35.2. The van der Waals surface area contributed by atoms with Gasteiger partial charge < -0.3 is 19.6 Å². The van der Waals surface area contributed by atoms with Gasteiger partial charge in [-0.1, -0.05) is 0 Å². The van der Waals surface area contributed by atoms with E-state index in [9.17, 15) is 13.6 Å². The Hall–Kier alpha value is -1.47. The lowest BCUT2D eigenvalue weighted by atomic mass is 10.2. The molecule has 0 spiro atoms. The maximum atomic E-state index is 12.7. The predicted molar refractivity (Wildman–Crippen MR) is 58.5 cm³/mol. The number of carbonyl (C=O) groups excluding carboxylic acids is 1. The number of methoxy groups -OCH3 is 1. The lowest BCUT2D eigenvalue weighted by molar-refractivity contribution is -0.0479. The number of rotatable bonds is 6. The van der Waals surface area contributed by atoms with E-state index >= 15 is 0 Å². The third kappa shape index (κ3) is 3.78. The zero-order chi connectivity index (χ0) is 13.8. The fourth-order valence-corrected chi connectivity index (χ4v) is 1.37. The number of furan rings is 1. The molecule has 0 saturated heterocycles. The van der Waals surface area contributed by atoms with E-state index in [1.807, 2.05) is 0 Å². The highest BCUT2D eigenvalue weighted by atomic mass is 19.3. The smallest absolute Gasteiger partial charge is 0.341 e. The third-order valence-electron chi connectivity index (χ3n) is 2.29. The minimum atomic E-state index is -3.17. The van der Waals surface area contributed by atoms with Crippen LogP contribution in [-0.2, 0) is 11.3 Å². The summed E-state index contributed by atoms with van der Waals surface area (Å²) in [6.45, 7) is -0.271. The molecule has 0 aliphatic carbocycles. The first-order valence-corrected chi connectivity index (χ1v) is 5.26. The molecule has 7 heteroatoms. The van der Waals surface area contributed by atoms with Gasteiger partial charge in [-0.2, -0.15) is 0 Å². The highest BCUT2D eigenvalue weighted by molar-refractivity contribution is 5.90. The Labute approximate surface area is 103 Å². The van der Waals surface area contributed by atoms with Crippen molar-refractivity contribution in [2.24, 2.45) is 0 Å². The van der Waals surface area contributed by atoms with E-state index in [0.717, 1.165) is 0 Å². The number of hydrogen-bond donors (Lipinski definition) is 2. The van der Waals surface area contributed by atoms with E-state index in [4.69, 9.17) is 9.52 Å². The van der Waals surface area contributed by atoms with E-state index in [1.165, 1.54) is 13.2 Å². The molecule has 0 saturated carbocycles. The zero-order valence-electron chi connectivity index (χ0n) is 10.1. The lowest BCUT2D eigenvalue weighted by Gasteiger charge is -2.12. The SMILES string of the molecule is COC(=O)c1cc(CNCC(F)(F)CO)oc1C. The van der Waals surface area contributed by atoms with Crippen LogP contribution in [0, 0.1) is 6.92 Å². The average Bonchev–Trinajstić information content (AvgIpc) is 2.69. The van der Waals surface area contributed by atoms with Gasteiger partial charge in [0.15, 0.2) is 0 Å². The second-order valence-electron chi connectivity index (χ2n) is 3.79. The van der Waals surface area contributed by atoms with Crippen molar-refractivity contribution in [3.8, 4) is 0 Å². The van der Waals surface area contributed by atoms with Gasteiger partial charge in [-0.3, -0.25) is 0 Å². The van der Waals surface area contributed by atoms with Gasteiger partial charge in [-0.05, 0) is 13.0 Å². The van der Waals surface area contributed by atoms with E-state index in [2.05, 4.69) is 10.1 Å². The topological polar surface area (TPSA) is 71.7 Å². The maximum absolute atomic E-state index is 12.7. The summed E-state index contributed by atoms with van der Waals surface area (Å²) >= 11 is 0. The van der Waals surface area contributed by atoms with E-state index < -0.39 is 25.0 Å². The average molecular weight is 263 g/mol. The fourth-order valence-electron chi connectivity index (χ4n) is 1.37. The molecule has 1 rings (SSSR count). The van der Waals surface area contributed by atoms with Gasteiger partial charge in [0, 0.05) is 0 Å². The molecular formula is C11H15F2NO4. The Morgan fingerprint density at radius 3 is 2.83 bits per heavy atom. The van der Waals surface area contributed by atoms with Crippen LogP contribution in [0.25, 0.3) is 0 Å². The molecule has 102 valence electrons. The van der Waals surface area contributed by atoms with Crippen LogP contribution < -0.4 is 5.32 Å². The van der Waals surface area contributed by atoms with E-state index in [0.29, 0.717) is 11.5 Å². The molecule has 5 nitrogen and oxygen atoms in total. The Bertz CT molecular complexity index is 417. The minimum absolute atomic E-state index is 0.0351. The first kappa shape index (κ1) is 14.6. The van der Waals surface area contributed by atoms with Gasteiger partial charge in [-0.15, -0.1) is 0 Å². The standard InChI is InChI=1S/C11H15F2NO4/c1-7-9(10(16)17-2)3-8(18-7)4-14-5-11(12,13)6-15/h3,14-15H,4-6H2,1-2H3. The highest BCUT2D eigenvalue weighted by Gasteiger charge is 2.27. The van der Waals surface area contributed by atoms with Gasteiger partial charge in [0.1, 0.15) is 23.7 Å². The lowest BCUT2D eigenvalue weighted by Crippen LogP contribution is -2.35. The van der Waals surface area contributed by atoms with Crippen LogP contribution >= 0.6 is 0 Å². The van der Waals surface area contributed by atoms with Crippen molar-refractivity contribution in [2.45, 2.75) is 19.4 Å². The summed E-state index contributed by atoms with van der Waals surface area (Å²) in [4.78, 5) is 11.3. The highest BCUT2D eigenvalue weighted by Crippen LogP contribution is 2.16. The van der Waals surface area contributed by atoms with Crippen molar-refractivity contribution in [2.75, 3.05) is 20.3 Å². The second-order valence-corrected chi connectivity index (χ2v) is 3.79. The van der Waals surface area contributed by atoms with E-state index in [1.54, 1.807) is 6.92 Å². The van der Waals surface area contributed by atoms with Gasteiger partial charge in [0.25, 0.3) is 5.92 Å². The summed E-state index contributed by atoms with van der Waals surface area (Å²) in [5, 5.41) is 10.8. The minimum Gasteiger partial charge on any atom is -0.465 e. The molecule has 0 aliphatic heterocycles. The van der Waals surface area contributed by atoms with Gasteiger partial charge in [0.05, 0.1) is 20.2 Å². The monoisotopic (exact) mass is 263 g/mol. The number of esters is 1. The summed E-state index contributed by atoms with van der Waals surface area (Å²) in [6.07, 6.45) is 0. The fraction of sp³-hybridized carbons (Fsp3) is 0.545. The number of aryl methyl sites for hydroxylation is 1. The van der Waals surface area contributed by atoms with Gasteiger partial charge in [-0.25, -0.2) is 13.6 Å². The summed E-state index contributed by atoms with van der Waals surface area (Å²) in [7, 11) is 1.24.